The van der Waals surface area contributed by atoms with Crippen LogP contribution in [-0.2, 0) is 20.1 Å². The fourth-order valence-corrected chi connectivity index (χ4v) is 3.01. The van der Waals surface area contributed by atoms with Crippen molar-refractivity contribution in [3.8, 4) is 0 Å². The van der Waals surface area contributed by atoms with E-state index >= 15 is 0 Å². The van der Waals surface area contributed by atoms with Crippen molar-refractivity contribution in [3.05, 3.63) is 59.4 Å². The predicted octanol–water partition coefficient (Wildman–Crippen LogP) is 1.15. The summed E-state index contributed by atoms with van der Waals surface area (Å²) in [6.45, 7) is 2.22. The molecule has 1 aliphatic heterocycles. The number of hydrogen-bond donors (Lipinski definition) is 0. The Bertz CT molecular complexity index is 807. The second-order valence-corrected chi connectivity index (χ2v) is 5.67. The van der Waals surface area contributed by atoms with Gasteiger partial charge in [-0.05, 0) is 34.2 Å². The first-order chi connectivity index (χ1) is 11.2. The molecule has 23 heavy (non-hydrogen) atoms. The highest BCUT2D eigenvalue weighted by Gasteiger charge is 2.32. The Morgan fingerprint density at radius 2 is 2.00 bits per heavy atom. The van der Waals surface area contributed by atoms with E-state index in [9.17, 15) is 4.39 Å². The lowest BCUT2D eigenvalue weighted by Crippen LogP contribution is -2.39. The molecule has 1 aliphatic rings. The van der Waals surface area contributed by atoms with Gasteiger partial charge in [0, 0.05) is 26.3 Å². The van der Waals surface area contributed by atoms with Gasteiger partial charge in [-0.15, -0.1) is 5.10 Å². The van der Waals surface area contributed by atoms with Crippen molar-refractivity contribution in [2.24, 2.45) is 7.05 Å². The lowest BCUT2D eigenvalue weighted by Gasteiger charge is -2.34. The lowest BCUT2D eigenvalue weighted by atomic mass is 10.0. The highest BCUT2D eigenvalue weighted by molar-refractivity contribution is 5.26. The maximum Gasteiger partial charge on any atom is 0.173 e. The van der Waals surface area contributed by atoms with Crippen molar-refractivity contribution >= 4 is 0 Å². The molecule has 0 fully saturated rings. The van der Waals surface area contributed by atoms with Gasteiger partial charge in [-0.1, -0.05) is 12.1 Å². The monoisotopic (exact) mass is 313 g/mol. The molecule has 8 heteroatoms. The van der Waals surface area contributed by atoms with Crippen LogP contribution in [0.5, 0.6) is 0 Å². The first kappa shape index (κ1) is 14.0. The van der Waals surface area contributed by atoms with Crippen LogP contribution in [-0.4, -0.2) is 41.4 Å². The predicted molar refractivity (Wildman–Crippen MR) is 79.7 cm³/mol. The van der Waals surface area contributed by atoms with Crippen LogP contribution in [0.2, 0.25) is 0 Å². The number of fused-ring (bicyclic) bond motifs is 1. The van der Waals surface area contributed by atoms with Crippen LogP contribution in [0.1, 0.15) is 23.1 Å². The molecule has 0 aliphatic carbocycles. The molecule has 3 aromatic rings. The van der Waals surface area contributed by atoms with E-state index in [1.807, 2.05) is 24.0 Å². The molecule has 0 saturated carbocycles. The van der Waals surface area contributed by atoms with Crippen LogP contribution in [0.4, 0.5) is 4.39 Å². The van der Waals surface area contributed by atoms with Crippen molar-refractivity contribution in [1.29, 1.82) is 0 Å². The molecule has 4 rings (SSSR count). The average Bonchev–Trinajstić information content (AvgIpc) is 3.17. The van der Waals surface area contributed by atoms with Gasteiger partial charge in [0.05, 0.1) is 18.3 Å². The third kappa shape index (κ3) is 2.61. The Hall–Kier alpha value is -2.61. The maximum atomic E-state index is 13.3. The quantitative estimate of drug-likeness (QED) is 0.726. The van der Waals surface area contributed by atoms with E-state index in [1.165, 1.54) is 12.1 Å². The molecule has 1 unspecified atom stereocenters. The molecule has 0 spiro atoms. The Morgan fingerprint density at radius 1 is 1.17 bits per heavy atom. The van der Waals surface area contributed by atoms with Crippen LogP contribution < -0.4 is 0 Å². The first-order valence-electron chi connectivity index (χ1n) is 7.45. The van der Waals surface area contributed by atoms with Crippen molar-refractivity contribution < 1.29 is 4.39 Å². The molecule has 2 aromatic heterocycles. The van der Waals surface area contributed by atoms with Crippen molar-refractivity contribution in [2.75, 3.05) is 6.54 Å². The van der Waals surface area contributed by atoms with Crippen LogP contribution in [0, 0.1) is 5.82 Å². The summed E-state index contributed by atoms with van der Waals surface area (Å²) in [5.41, 5.74) is 1.96. The van der Waals surface area contributed by atoms with Gasteiger partial charge in [-0.2, -0.15) is 5.10 Å². The summed E-state index contributed by atoms with van der Waals surface area (Å²) in [6.07, 6.45) is 1.93. The summed E-state index contributed by atoms with van der Waals surface area (Å²) in [5, 5.41) is 16.4. The fraction of sp³-hybridized carbons (Fsp3) is 0.333. The minimum absolute atomic E-state index is 0.110. The molecular weight excluding hydrogens is 297 g/mol. The van der Waals surface area contributed by atoms with Crippen molar-refractivity contribution in [3.63, 3.8) is 0 Å². The van der Waals surface area contributed by atoms with E-state index in [0.29, 0.717) is 6.54 Å². The summed E-state index contributed by atoms with van der Waals surface area (Å²) >= 11 is 0. The zero-order valence-corrected chi connectivity index (χ0v) is 12.7. The third-order valence-electron chi connectivity index (χ3n) is 4.09. The fourth-order valence-electron chi connectivity index (χ4n) is 3.01. The van der Waals surface area contributed by atoms with E-state index in [2.05, 4.69) is 25.5 Å². The van der Waals surface area contributed by atoms with Gasteiger partial charge in [0.2, 0.25) is 0 Å². The van der Waals surface area contributed by atoms with Gasteiger partial charge in [-0.25, -0.2) is 9.07 Å². The number of tetrazole rings is 1. The lowest BCUT2D eigenvalue weighted by molar-refractivity contribution is 0.162. The molecule has 0 bridgehead atoms. The normalized spacial score (nSPS) is 18.1. The third-order valence-corrected chi connectivity index (χ3v) is 4.09. The zero-order valence-electron chi connectivity index (χ0n) is 12.7. The standard InChI is InChI=1S/C15H16FN7/c1-21-7-6-13(18-21)10-22-8-9-23-15(17-19-20-23)14(22)11-2-4-12(16)5-3-11/h2-7,14H,8-10H2,1H3. The van der Waals surface area contributed by atoms with E-state index < -0.39 is 0 Å². The molecule has 0 amide bonds. The molecule has 0 saturated heterocycles. The van der Waals surface area contributed by atoms with E-state index in [-0.39, 0.29) is 11.9 Å². The highest BCUT2D eigenvalue weighted by Crippen LogP contribution is 2.31. The van der Waals surface area contributed by atoms with Crippen LogP contribution in [0.25, 0.3) is 0 Å². The molecule has 3 heterocycles. The smallest absolute Gasteiger partial charge is 0.173 e. The van der Waals surface area contributed by atoms with Gasteiger partial charge in [0.15, 0.2) is 5.82 Å². The van der Waals surface area contributed by atoms with E-state index in [4.69, 9.17) is 0 Å². The van der Waals surface area contributed by atoms with E-state index in [1.54, 1.807) is 16.8 Å². The summed E-state index contributed by atoms with van der Waals surface area (Å²) in [6, 6.07) is 8.40. The summed E-state index contributed by atoms with van der Waals surface area (Å²) in [5.74, 6) is 0.527. The Morgan fingerprint density at radius 3 is 2.74 bits per heavy atom. The van der Waals surface area contributed by atoms with Crippen LogP contribution in [0.15, 0.2) is 36.5 Å². The molecule has 7 nitrogen and oxygen atoms in total. The number of rotatable bonds is 3. The van der Waals surface area contributed by atoms with Gasteiger partial charge in [0.1, 0.15) is 5.82 Å². The largest absolute Gasteiger partial charge is 0.282 e. The molecule has 118 valence electrons. The van der Waals surface area contributed by atoms with Crippen LogP contribution in [0.3, 0.4) is 0 Å². The molecule has 1 atom stereocenters. The summed E-state index contributed by atoms with van der Waals surface area (Å²) < 4.78 is 16.9. The van der Waals surface area contributed by atoms with Gasteiger partial charge in [0.25, 0.3) is 0 Å². The van der Waals surface area contributed by atoms with Crippen molar-refractivity contribution in [2.45, 2.75) is 19.1 Å². The molecule has 0 N–H and O–H groups in total. The number of aryl methyl sites for hydroxylation is 1. The zero-order chi connectivity index (χ0) is 15.8. The summed E-state index contributed by atoms with van der Waals surface area (Å²) in [7, 11) is 1.90. The molecule has 0 radical (unpaired) electrons. The SMILES string of the molecule is Cn1ccc(CN2CCn3nnnc3C2c2ccc(F)cc2)n1. The second-order valence-electron chi connectivity index (χ2n) is 5.67. The maximum absolute atomic E-state index is 13.3. The number of aromatic nitrogens is 6. The van der Waals surface area contributed by atoms with Crippen LogP contribution >= 0.6 is 0 Å². The minimum Gasteiger partial charge on any atom is -0.282 e. The number of halogens is 1. The topological polar surface area (TPSA) is 64.7 Å². The first-order valence-corrected chi connectivity index (χ1v) is 7.45. The minimum atomic E-state index is -0.250. The number of benzene rings is 1. The Balaban J connectivity index is 1.71. The number of nitrogens with zero attached hydrogens (tertiary/aromatic N) is 7. The highest BCUT2D eigenvalue weighted by atomic mass is 19.1. The molecular formula is C15H16FN7. The Labute approximate surface area is 132 Å². The average molecular weight is 313 g/mol. The van der Waals surface area contributed by atoms with Gasteiger partial charge in [-0.3, -0.25) is 9.58 Å². The van der Waals surface area contributed by atoms with Gasteiger partial charge < -0.3 is 0 Å². The number of hydrogen-bond acceptors (Lipinski definition) is 5. The second kappa shape index (κ2) is 5.54. The Kier molecular flexibility index (Phi) is 3.38. The summed E-state index contributed by atoms with van der Waals surface area (Å²) in [4.78, 5) is 2.27. The molecule has 1 aromatic carbocycles. The van der Waals surface area contributed by atoms with E-state index in [0.717, 1.165) is 30.2 Å². The van der Waals surface area contributed by atoms with Crippen molar-refractivity contribution in [1.82, 2.24) is 34.9 Å². The van der Waals surface area contributed by atoms with Gasteiger partial charge >= 0.3 is 0 Å².